The Kier molecular flexibility index (Phi) is 5.24. The van der Waals surface area contributed by atoms with Crippen LogP contribution < -0.4 is 0 Å². The maximum absolute atomic E-state index is 14.8. The number of halogens is 3. The fraction of sp³-hybridized carbons (Fsp3) is 0.273. The van der Waals surface area contributed by atoms with E-state index < -0.39 is 29.3 Å². The monoisotopic (exact) mass is 433 g/mol. The van der Waals surface area contributed by atoms with Crippen molar-refractivity contribution in [3.63, 3.8) is 0 Å². The Morgan fingerprint density at radius 1 is 1.23 bits per heavy atom. The molecule has 0 aliphatic heterocycles. The number of benzene rings is 2. The summed E-state index contributed by atoms with van der Waals surface area (Å²) in [5.41, 5.74) is 0.604. The second-order valence-electron chi connectivity index (χ2n) is 7.35. The van der Waals surface area contributed by atoms with Crippen LogP contribution in [0.1, 0.15) is 40.9 Å². The van der Waals surface area contributed by atoms with Gasteiger partial charge in [0.2, 0.25) is 0 Å². The van der Waals surface area contributed by atoms with Crippen LogP contribution in [-0.4, -0.2) is 27.7 Å². The summed E-state index contributed by atoms with van der Waals surface area (Å²) in [5, 5.41) is 10.0. The highest BCUT2D eigenvalue weighted by Crippen LogP contribution is 2.36. The molecule has 1 N–H and O–H groups in total. The summed E-state index contributed by atoms with van der Waals surface area (Å²) < 4.78 is 35.4. The van der Waals surface area contributed by atoms with Gasteiger partial charge < -0.3 is 9.84 Å². The lowest BCUT2D eigenvalue weighted by Gasteiger charge is -2.25. The summed E-state index contributed by atoms with van der Waals surface area (Å²) in [4.78, 5) is 25.5. The van der Waals surface area contributed by atoms with Gasteiger partial charge in [-0.25, -0.2) is 8.78 Å². The van der Waals surface area contributed by atoms with Gasteiger partial charge in [-0.3, -0.25) is 14.2 Å². The molecule has 1 saturated carbocycles. The molecule has 1 heterocycles. The molecule has 2 aromatic carbocycles. The maximum atomic E-state index is 14.8. The first kappa shape index (κ1) is 20.3. The van der Waals surface area contributed by atoms with E-state index in [0.717, 1.165) is 29.9 Å². The summed E-state index contributed by atoms with van der Waals surface area (Å²) in [5.74, 6) is -4.69. The van der Waals surface area contributed by atoms with Crippen LogP contribution in [0.3, 0.4) is 0 Å². The molecule has 0 atom stereocenters. The van der Waals surface area contributed by atoms with Crippen LogP contribution in [0.4, 0.5) is 8.78 Å². The van der Waals surface area contributed by atoms with Gasteiger partial charge in [0, 0.05) is 27.7 Å². The van der Waals surface area contributed by atoms with E-state index in [1.54, 1.807) is 0 Å². The number of phenols is 1. The van der Waals surface area contributed by atoms with Crippen molar-refractivity contribution in [2.75, 3.05) is 0 Å². The molecule has 30 heavy (non-hydrogen) atoms. The van der Waals surface area contributed by atoms with E-state index in [9.17, 15) is 23.5 Å². The Morgan fingerprint density at radius 3 is 2.50 bits per heavy atom. The van der Waals surface area contributed by atoms with Crippen molar-refractivity contribution < 1.29 is 28.2 Å². The minimum Gasteiger partial charge on any atom is -0.503 e. The van der Waals surface area contributed by atoms with Crippen LogP contribution in [0.2, 0.25) is 5.02 Å². The maximum Gasteiger partial charge on any atom is 0.310 e. The Balaban J connectivity index is 1.85. The zero-order valence-corrected chi connectivity index (χ0v) is 16.8. The number of rotatable bonds is 4. The van der Waals surface area contributed by atoms with E-state index in [4.69, 9.17) is 16.3 Å². The molecule has 156 valence electrons. The lowest BCUT2D eigenvalue weighted by Crippen LogP contribution is -2.26. The normalized spacial score (nSPS) is 14.0. The number of carbonyl (C=O) groups excluding carboxylic acids is 2. The molecular weight excluding hydrogens is 416 g/mol. The highest BCUT2D eigenvalue weighted by atomic mass is 35.5. The lowest BCUT2D eigenvalue weighted by atomic mass is 9.96. The fourth-order valence-corrected chi connectivity index (χ4v) is 3.74. The smallest absolute Gasteiger partial charge is 0.310 e. The van der Waals surface area contributed by atoms with Crippen LogP contribution in [0.25, 0.3) is 10.9 Å². The molecule has 1 aliphatic rings. The lowest BCUT2D eigenvalue weighted by molar-refractivity contribution is -0.152. The molecular formula is C22H18ClF2NO4. The Morgan fingerprint density at radius 2 is 1.90 bits per heavy atom. The van der Waals surface area contributed by atoms with Crippen LogP contribution in [0.5, 0.6) is 5.75 Å². The van der Waals surface area contributed by atoms with E-state index in [-0.39, 0.29) is 40.2 Å². The fourth-order valence-electron chi connectivity index (χ4n) is 3.62. The third kappa shape index (κ3) is 3.43. The van der Waals surface area contributed by atoms with E-state index in [0.29, 0.717) is 5.02 Å². The van der Waals surface area contributed by atoms with Gasteiger partial charge in [-0.2, -0.15) is 0 Å². The number of ether oxygens (including phenoxy) is 1. The van der Waals surface area contributed by atoms with Crippen molar-refractivity contribution in [3.8, 4) is 5.75 Å². The van der Waals surface area contributed by atoms with Gasteiger partial charge in [0.05, 0.1) is 11.9 Å². The van der Waals surface area contributed by atoms with Crippen LogP contribution >= 0.6 is 11.6 Å². The first-order valence-corrected chi connectivity index (χ1v) is 9.86. The highest BCUT2D eigenvalue weighted by molar-refractivity contribution is 6.30. The molecule has 3 aromatic rings. The molecule has 5 nitrogen and oxygen atoms in total. The van der Waals surface area contributed by atoms with Crippen LogP contribution in [0.15, 0.2) is 30.3 Å². The van der Waals surface area contributed by atoms with E-state index in [2.05, 4.69) is 0 Å². The van der Waals surface area contributed by atoms with Crippen molar-refractivity contribution in [1.82, 2.24) is 4.57 Å². The molecule has 0 radical (unpaired) electrons. The summed E-state index contributed by atoms with van der Waals surface area (Å²) in [6.07, 6.45) is 2.08. The average molecular weight is 434 g/mol. The van der Waals surface area contributed by atoms with Gasteiger partial charge in [-0.05, 0) is 56.0 Å². The van der Waals surface area contributed by atoms with E-state index in [1.165, 1.54) is 31.2 Å². The van der Waals surface area contributed by atoms with Gasteiger partial charge in [-0.1, -0.05) is 11.6 Å². The zero-order valence-electron chi connectivity index (χ0n) is 16.0. The van der Waals surface area contributed by atoms with Crippen molar-refractivity contribution in [2.45, 2.75) is 38.7 Å². The number of phenolic OH excluding ortho intramolecular Hbond substituents is 1. The molecule has 8 heteroatoms. The SMILES string of the molecule is Cc1c(CC(=O)OC2CCC2)c2c(F)c(O)c(F)cc2n1C(=O)c1ccc(Cl)cc1. The highest BCUT2D eigenvalue weighted by Gasteiger charge is 2.28. The second-order valence-corrected chi connectivity index (χ2v) is 7.78. The number of esters is 1. The molecule has 1 fully saturated rings. The van der Waals surface area contributed by atoms with Gasteiger partial charge in [0.1, 0.15) is 6.10 Å². The van der Waals surface area contributed by atoms with E-state index >= 15 is 0 Å². The molecule has 0 spiro atoms. The summed E-state index contributed by atoms with van der Waals surface area (Å²) in [7, 11) is 0. The third-order valence-corrected chi connectivity index (χ3v) is 5.71. The molecule has 0 unspecified atom stereocenters. The van der Waals surface area contributed by atoms with Gasteiger partial charge >= 0.3 is 5.97 Å². The summed E-state index contributed by atoms with van der Waals surface area (Å²) in [6.45, 7) is 1.54. The third-order valence-electron chi connectivity index (χ3n) is 5.45. The Hall–Kier alpha value is -2.93. The van der Waals surface area contributed by atoms with E-state index in [1.807, 2.05) is 0 Å². The zero-order chi connectivity index (χ0) is 21.6. The number of fused-ring (bicyclic) bond motifs is 1. The number of carbonyl (C=O) groups is 2. The predicted molar refractivity (Wildman–Crippen MR) is 107 cm³/mol. The minimum absolute atomic E-state index is 0.0771. The molecule has 4 rings (SSSR count). The largest absolute Gasteiger partial charge is 0.503 e. The standard InChI is InChI=1S/C22H18ClF2NO4/c1-11-15(9-18(27)30-14-3-2-4-14)19-17(10-16(24)21(28)20(19)25)26(11)22(29)12-5-7-13(23)8-6-12/h5-8,10,14,28H,2-4,9H2,1H3. The quantitative estimate of drug-likeness (QED) is 0.593. The van der Waals surface area contributed by atoms with Gasteiger partial charge in [0.15, 0.2) is 17.4 Å². The summed E-state index contributed by atoms with van der Waals surface area (Å²) >= 11 is 5.87. The molecule has 1 aliphatic carbocycles. The molecule has 0 amide bonds. The number of hydrogen-bond donors (Lipinski definition) is 1. The van der Waals surface area contributed by atoms with Crippen molar-refractivity contribution in [2.24, 2.45) is 0 Å². The first-order valence-electron chi connectivity index (χ1n) is 9.48. The average Bonchev–Trinajstić information content (AvgIpc) is 2.94. The van der Waals surface area contributed by atoms with Crippen molar-refractivity contribution in [3.05, 3.63) is 63.8 Å². The van der Waals surface area contributed by atoms with Gasteiger partial charge in [0.25, 0.3) is 5.91 Å². The van der Waals surface area contributed by atoms with Crippen LogP contribution in [0, 0.1) is 18.6 Å². The Bertz CT molecular complexity index is 1170. The van der Waals surface area contributed by atoms with Crippen molar-refractivity contribution in [1.29, 1.82) is 0 Å². The molecule has 0 saturated heterocycles. The Labute approximate surface area is 175 Å². The topological polar surface area (TPSA) is 68.5 Å². The first-order chi connectivity index (χ1) is 14.3. The summed E-state index contributed by atoms with van der Waals surface area (Å²) in [6, 6.07) is 6.93. The van der Waals surface area contributed by atoms with Crippen molar-refractivity contribution >= 4 is 34.4 Å². The predicted octanol–water partition coefficient (Wildman–Crippen LogP) is 4.91. The number of hydrogen-bond acceptors (Lipinski definition) is 4. The number of nitrogens with zero attached hydrogens (tertiary/aromatic N) is 1. The number of aromatic nitrogens is 1. The van der Waals surface area contributed by atoms with Crippen LogP contribution in [-0.2, 0) is 16.0 Å². The number of aromatic hydroxyl groups is 1. The second kappa shape index (κ2) is 7.72. The van der Waals surface area contributed by atoms with Gasteiger partial charge in [-0.15, -0.1) is 0 Å². The molecule has 0 bridgehead atoms. The molecule has 1 aromatic heterocycles. The minimum atomic E-state index is -1.22.